The second kappa shape index (κ2) is 6.31. The summed E-state index contributed by atoms with van der Waals surface area (Å²) in [7, 11) is 0. The first-order valence-electron chi connectivity index (χ1n) is 5.93. The minimum absolute atomic E-state index is 0.502. The second-order valence-electron chi connectivity index (χ2n) is 3.88. The van der Waals surface area contributed by atoms with Crippen molar-refractivity contribution < 1.29 is 9.53 Å². The SMILES string of the molecule is CCc1ccc(OCCc2nc(C=O)cs2)cc1. The summed E-state index contributed by atoms with van der Waals surface area (Å²) in [6.45, 7) is 2.71. The summed E-state index contributed by atoms with van der Waals surface area (Å²) in [5, 5.41) is 2.69. The Bertz CT molecular complexity index is 505. The number of carbonyl (C=O) groups excluding carboxylic acids is 1. The van der Waals surface area contributed by atoms with Crippen molar-refractivity contribution in [3.63, 3.8) is 0 Å². The molecule has 1 heterocycles. The molecule has 3 nitrogen and oxygen atoms in total. The van der Waals surface area contributed by atoms with E-state index < -0.39 is 0 Å². The van der Waals surface area contributed by atoms with Crippen molar-refractivity contribution in [3.05, 3.63) is 45.9 Å². The molecule has 0 fully saturated rings. The number of nitrogens with zero attached hydrogens (tertiary/aromatic N) is 1. The van der Waals surface area contributed by atoms with Crippen LogP contribution in [0, 0.1) is 0 Å². The summed E-state index contributed by atoms with van der Waals surface area (Å²) in [5.41, 5.74) is 1.81. The van der Waals surface area contributed by atoms with Gasteiger partial charge < -0.3 is 4.74 Å². The number of rotatable bonds is 6. The van der Waals surface area contributed by atoms with Gasteiger partial charge >= 0.3 is 0 Å². The normalized spacial score (nSPS) is 10.3. The Morgan fingerprint density at radius 2 is 2.11 bits per heavy atom. The lowest BCUT2D eigenvalue weighted by molar-refractivity contribution is 0.111. The maximum Gasteiger partial charge on any atom is 0.169 e. The van der Waals surface area contributed by atoms with E-state index in [1.807, 2.05) is 12.1 Å². The van der Waals surface area contributed by atoms with Crippen LogP contribution in [0.4, 0.5) is 0 Å². The first-order valence-corrected chi connectivity index (χ1v) is 6.81. The molecule has 0 saturated carbocycles. The van der Waals surface area contributed by atoms with Crippen molar-refractivity contribution in [1.29, 1.82) is 0 Å². The van der Waals surface area contributed by atoms with Crippen LogP contribution >= 0.6 is 11.3 Å². The van der Waals surface area contributed by atoms with Gasteiger partial charge in [-0.15, -0.1) is 11.3 Å². The summed E-state index contributed by atoms with van der Waals surface area (Å²) in [6.07, 6.45) is 2.53. The van der Waals surface area contributed by atoms with Crippen molar-refractivity contribution in [2.45, 2.75) is 19.8 Å². The van der Waals surface area contributed by atoms with Gasteiger partial charge in [0.2, 0.25) is 0 Å². The fourth-order valence-corrected chi connectivity index (χ4v) is 2.30. The van der Waals surface area contributed by atoms with Gasteiger partial charge in [-0.25, -0.2) is 4.98 Å². The Labute approximate surface area is 110 Å². The topological polar surface area (TPSA) is 39.2 Å². The summed E-state index contributed by atoms with van der Waals surface area (Å²) in [6, 6.07) is 8.11. The quantitative estimate of drug-likeness (QED) is 0.750. The first kappa shape index (κ1) is 12.8. The molecule has 0 spiro atoms. The van der Waals surface area contributed by atoms with Gasteiger partial charge in [0, 0.05) is 11.8 Å². The molecule has 0 N–H and O–H groups in total. The largest absolute Gasteiger partial charge is 0.493 e. The van der Waals surface area contributed by atoms with Crippen molar-refractivity contribution in [1.82, 2.24) is 4.98 Å². The van der Waals surface area contributed by atoms with Gasteiger partial charge in [-0.3, -0.25) is 4.79 Å². The van der Waals surface area contributed by atoms with Crippen LogP contribution in [0.25, 0.3) is 0 Å². The summed E-state index contributed by atoms with van der Waals surface area (Å²) in [5.74, 6) is 0.874. The van der Waals surface area contributed by atoms with Gasteiger partial charge in [-0.2, -0.15) is 0 Å². The molecule has 2 rings (SSSR count). The van der Waals surface area contributed by atoms with E-state index in [4.69, 9.17) is 4.74 Å². The van der Waals surface area contributed by atoms with E-state index in [9.17, 15) is 4.79 Å². The molecule has 1 aromatic heterocycles. The third-order valence-corrected chi connectivity index (χ3v) is 3.53. The number of aromatic nitrogens is 1. The molecule has 1 aromatic carbocycles. The van der Waals surface area contributed by atoms with E-state index in [2.05, 4.69) is 24.0 Å². The number of benzene rings is 1. The zero-order chi connectivity index (χ0) is 12.8. The molecule has 0 amide bonds. The molecule has 94 valence electrons. The lowest BCUT2D eigenvalue weighted by atomic mass is 10.2. The molecule has 0 atom stereocenters. The van der Waals surface area contributed by atoms with Crippen LogP contribution in [0.15, 0.2) is 29.6 Å². The minimum Gasteiger partial charge on any atom is -0.493 e. The molecule has 0 bridgehead atoms. The van der Waals surface area contributed by atoms with E-state index in [-0.39, 0.29) is 0 Å². The molecular weight excluding hydrogens is 246 g/mol. The Morgan fingerprint density at radius 3 is 2.72 bits per heavy atom. The minimum atomic E-state index is 0.502. The molecule has 0 aliphatic heterocycles. The van der Waals surface area contributed by atoms with E-state index in [0.717, 1.165) is 29.9 Å². The average molecular weight is 261 g/mol. The molecule has 2 aromatic rings. The Morgan fingerprint density at radius 1 is 1.33 bits per heavy atom. The number of hydrogen-bond donors (Lipinski definition) is 0. The maximum absolute atomic E-state index is 10.5. The van der Waals surface area contributed by atoms with Gasteiger partial charge in [-0.05, 0) is 24.1 Å². The summed E-state index contributed by atoms with van der Waals surface area (Å²) >= 11 is 1.49. The van der Waals surface area contributed by atoms with Crippen LogP contribution in [0.1, 0.15) is 28.0 Å². The van der Waals surface area contributed by atoms with Gasteiger partial charge in [-0.1, -0.05) is 19.1 Å². The zero-order valence-corrected chi connectivity index (χ0v) is 11.1. The summed E-state index contributed by atoms with van der Waals surface area (Å²) in [4.78, 5) is 14.6. The molecule has 0 saturated heterocycles. The van der Waals surface area contributed by atoms with Crippen LogP contribution in [-0.4, -0.2) is 17.9 Å². The van der Waals surface area contributed by atoms with Gasteiger partial charge in [0.05, 0.1) is 11.6 Å². The number of aryl methyl sites for hydroxylation is 1. The fraction of sp³-hybridized carbons (Fsp3) is 0.286. The predicted octanol–water partition coefficient (Wildman–Crippen LogP) is 3.14. The number of hydrogen-bond acceptors (Lipinski definition) is 4. The molecule has 0 aliphatic rings. The monoisotopic (exact) mass is 261 g/mol. The summed E-state index contributed by atoms with van der Waals surface area (Å²) < 4.78 is 5.63. The smallest absolute Gasteiger partial charge is 0.169 e. The van der Waals surface area contributed by atoms with Crippen LogP contribution in [-0.2, 0) is 12.8 Å². The predicted molar refractivity (Wildman–Crippen MR) is 72.5 cm³/mol. The van der Waals surface area contributed by atoms with Crippen molar-refractivity contribution in [2.75, 3.05) is 6.61 Å². The lowest BCUT2D eigenvalue weighted by Crippen LogP contribution is -2.01. The average Bonchev–Trinajstić information content (AvgIpc) is 2.87. The van der Waals surface area contributed by atoms with Crippen LogP contribution < -0.4 is 4.74 Å². The van der Waals surface area contributed by atoms with Crippen molar-refractivity contribution >= 4 is 17.6 Å². The molecule has 18 heavy (non-hydrogen) atoms. The van der Waals surface area contributed by atoms with Crippen LogP contribution in [0.3, 0.4) is 0 Å². The highest BCUT2D eigenvalue weighted by Crippen LogP contribution is 2.14. The van der Waals surface area contributed by atoms with E-state index in [1.165, 1.54) is 16.9 Å². The second-order valence-corrected chi connectivity index (χ2v) is 4.82. The standard InChI is InChI=1S/C14H15NO2S/c1-2-11-3-5-13(6-4-11)17-8-7-14-15-12(9-16)10-18-14/h3-6,9-10H,2,7-8H2,1H3. The van der Waals surface area contributed by atoms with E-state index in [1.54, 1.807) is 5.38 Å². The van der Waals surface area contributed by atoms with Crippen LogP contribution in [0.5, 0.6) is 5.75 Å². The molecular formula is C14H15NO2S. The maximum atomic E-state index is 10.5. The lowest BCUT2D eigenvalue weighted by Gasteiger charge is -2.05. The molecule has 0 radical (unpaired) electrons. The molecule has 4 heteroatoms. The Kier molecular flexibility index (Phi) is 4.47. The fourth-order valence-electron chi connectivity index (χ4n) is 1.57. The van der Waals surface area contributed by atoms with E-state index in [0.29, 0.717) is 12.3 Å². The van der Waals surface area contributed by atoms with Gasteiger partial charge in [0.25, 0.3) is 0 Å². The number of carbonyl (C=O) groups is 1. The highest BCUT2D eigenvalue weighted by molar-refractivity contribution is 7.09. The first-order chi connectivity index (χ1) is 8.81. The third-order valence-electron chi connectivity index (χ3n) is 2.61. The van der Waals surface area contributed by atoms with E-state index >= 15 is 0 Å². The van der Waals surface area contributed by atoms with Crippen molar-refractivity contribution in [2.24, 2.45) is 0 Å². The zero-order valence-electron chi connectivity index (χ0n) is 10.3. The number of thiazole rings is 1. The number of aldehydes is 1. The number of ether oxygens (including phenoxy) is 1. The van der Waals surface area contributed by atoms with Crippen LogP contribution in [0.2, 0.25) is 0 Å². The third kappa shape index (κ3) is 3.40. The Balaban J connectivity index is 1.82. The Hall–Kier alpha value is -1.68. The molecule has 0 aliphatic carbocycles. The molecule has 0 unspecified atom stereocenters. The van der Waals surface area contributed by atoms with Gasteiger partial charge in [0.1, 0.15) is 11.4 Å². The highest BCUT2D eigenvalue weighted by Gasteiger charge is 2.01. The highest BCUT2D eigenvalue weighted by atomic mass is 32.1. The van der Waals surface area contributed by atoms with Gasteiger partial charge in [0.15, 0.2) is 6.29 Å². The van der Waals surface area contributed by atoms with Crippen molar-refractivity contribution in [3.8, 4) is 5.75 Å².